The number of carbonyl (C=O) groups is 1. The summed E-state index contributed by atoms with van der Waals surface area (Å²) in [6.45, 7) is 11.3. The Labute approximate surface area is 150 Å². The first kappa shape index (κ1) is 20.3. The average Bonchev–Trinajstić information content (AvgIpc) is 2.58. The maximum absolute atomic E-state index is 12.8. The lowest BCUT2D eigenvalue weighted by Gasteiger charge is -2.45. The van der Waals surface area contributed by atoms with E-state index in [-0.39, 0.29) is 13.0 Å². The second-order valence-corrected chi connectivity index (χ2v) is 6.86. The fourth-order valence-corrected chi connectivity index (χ4v) is 3.07. The van der Waals surface area contributed by atoms with Gasteiger partial charge in [0.2, 0.25) is 0 Å². The van der Waals surface area contributed by atoms with Gasteiger partial charge in [-0.05, 0) is 30.9 Å². The Morgan fingerprint density at radius 1 is 1.28 bits per heavy atom. The Balaban J connectivity index is 3.67. The molecule has 0 saturated carbocycles. The van der Waals surface area contributed by atoms with Gasteiger partial charge in [-0.2, -0.15) is 10.5 Å². The summed E-state index contributed by atoms with van der Waals surface area (Å²) in [4.78, 5) is 14.2. The lowest BCUT2D eigenvalue weighted by molar-refractivity contribution is 0.138. The van der Waals surface area contributed by atoms with E-state index in [9.17, 15) is 15.3 Å². The van der Waals surface area contributed by atoms with Crippen LogP contribution in [0.4, 0.5) is 10.5 Å². The molecule has 0 aliphatic rings. The van der Waals surface area contributed by atoms with Gasteiger partial charge in [0.15, 0.2) is 5.41 Å². The number of ether oxygens (including phenoxy) is 1. The lowest BCUT2D eigenvalue weighted by atomic mass is 9.67. The van der Waals surface area contributed by atoms with Crippen molar-refractivity contribution in [1.82, 2.24) is 0 Å². The van der Waals surface area contributed by atoms with E-state index in [1.165, 1.54) is 4.90 Å². The molecule has 132 valence electrons. The Bertz CT molecular complexity index is 664. The Morgan fingerprint density at radius 2 is 1.84 bits per heavy atom. The van der Waals surface area contributed by atoms with Crippen LogP contribution >= 0.6 is 0 Å². The van der Waals surface area contributed by atoms with Crippen LogP contribution in [0, 0.1) is 33.5 Å². The van der Waals surface area contributed by atoms with Crippen molar-refractivity contribution < 1.29 is 9.53 Å². The molecule has 5 heteroatoms. The molecule has 25 heavy (non-hydrogen) atoms. The van der Waals surface area contributed by atoms with Crippen LogP contribution in [0.5, 0.6) is 0 Å². The SMILES string of the molecule is C=CCC(C#N)(C#N)C(N(C(=O)OCC)c1ccccc1)C(C)(C)C. The lowest BCUT2D eigenvalue weighted by Crippen LogP contribution is -2.56. The van der Waals surface area contributed by atoms with Gasteiger partial charge in [-0.1, -0.05) is 45.0 Å². The molecule has 0 heterocycles. The van der Waals surface area contributed by atoms with Crippen LogP contribution in [0.3, 0.4) is 0 Å². The highest BCUT2D eigenvalue weighted by Crippen LogP contribution is 2.42. The fraction of sp³-hybridized carbons (Fsp3) is 0.450. The van der Waals surface area contributed by atoms with Gasteiger partial charge in [-0.3, -0.25) is 4.90 Å². The van der Waals surface area contributed by atoms with Crippen LogP contribution in [0.25, 0.3) is 0 Å². The molecule has 1 atom stereocenters. The number of hydrogen-bond donors (Lipinski definition) is 0. The largest absolute Gasteiger partial charge is 0.449 e. The van der Waals surface area contributed by atoms with Crippen molar-refractivity contribution in [3.8, 4) is 12.1 Å². The van der Waals surface area contributed by atoms with Crippen molar-refractivity contribution in [3.63, 3.8) is 0 Å². The Hall–Kier alpha value is -2.79. The molecule has 5 nitrogen and oxygen atoms in total. The molecule has 0 aliphatic carbocycles. The minimum Gasteiger partial charge on any atom is -0.449 e. The highest BCUT2D eigenvalue weighted by molar-refractivity contribution is 5.89. The highest BCUT2D eigenvalue weighted by atomic mass is 16.6. The van der Waals surface area contributed by atoms with Crippen molar-refractivity contribution >= 4 is 11.8 Å². The quantitative estimate of drug-likeness (QED) is 0.705. The predicted octanol–water partition coefficient (Wildman–Crippen LogP) is 4.67. The Kier molecular flexibility index (Phi) is 6.77. The van der Waals surface area contributed by atoms with Gasteiger partial charge in [-0.25, -0.2) is 4.79 Å². The maximum Gasteiger partial charge on any atom is 0.414 e. The van der Waals surface area contributed by atoms with Crippen LogP contribution in [0.15, 0.2) is 43.0 Å². The maximum atomic E-state index is 12.8. The zero-order valence-corrected chi connectivity index (χ0v) is 15.3. The second kappa shape index (κ2) is 8.35. The summed E-state index contributed by atoms with van der Waals surface area (Å²) in [6.07, 6.45) is 1.11. The number of amides is 1. The first-order valence-corrected chi connectivity index (χ1v) is 8.21. The molecular formula is C20H25N3O2. The third-order valence-corrected chi connectivity index (χ3v) is 3.91. The Morgan fingerprint density at radius 3 is 2.24 bits per heavy atom. The molecule has 1 aromatic carbocycles. The van der Waals surface area contributed by atoms with E-state index in [2.05, 4.69) is 18.7 Å². The minimum absolute atomic E-state index is 0.144. The fourth-order valence-electron chi connectivity index (χ4n) is 3.07. The van der Waals surface area contributed by atoms with Gasteiger partial charge in [0.25, 0.3) is 0 Å². The van der Waals surface area contributed by atoms with Crippen LogP contribution in [0.2, 0.25) is 0 Å². The normalized spacial score (nSPS) is 12.4. The van der Waals surface area contributed by atoms with Crippen molar-refractivity contribution in [2.75, 3.05) is 11.5 Å². The van der Waals surface area contributed by atoms with Crippen LogP contribution in [0.1, 0.15) is 34.1 Å². The summed E-state index contributed by atoms with van der Waals surface area (Å²) >= 11 is 0. The molecule has 1 amide bonds. The van der Waals surface area contributed by atoms with Crippen molar-refractivity contribution in [2.45, 2.75) is 40.2 Å². The van der Waals surface area contributed by atoms with Gasteiger partial charge >= 0.3 is 6.09 Å². The van der Waals surface area contributed by atoms with E-state index in [4.69, 9.17) is 4.74 Å². The number of rotatable bonds is 6. The van der Waals surface area contributed by atoms with Crippen LogP contribution < -0.4 is 4.90 Å². The smallest absolute Gasteiger partial charge is 0.414 e. The number of nitrogens with zero attached hydrogens (tertiary/aromatic N) is 3. The van der Waals surface area contributed by atoms with Crippen LogP contribution in [-0.2, 0) is 4.74 Å². The first-order valence-electron chi connectivity index (χ1n) is 8.21. The van der Waals surface area contributed by atoms with Gasteiger partial charge in [0, 0.05) is 5.69 Å². The number of anilines is 1. The number of carbonyl (C=O) groups excluding carboxylic acids is 1. The molecule has 0 fully saturated rings. The molecule has 0 radical (unpaired) electrons. The van der Waals surface area contributed by atoms with Gasteiger partial charge in [-0.15, -0.1) is 6.58 Å². The monoisotopic (exact) mass is 339 g/mol. The van der Waals surface area contributed by atoms with Gasteiger partial charge < -0.3 is 4.74 Å². The summed E-state index contributed by atoms with van der Waals surface area (Å²) in [5, 5.41) is 19.7. The van der Waals surface area contributed by atoms with Crippen molar-refractivity contribution in [3.05, 3.63) is 43.0 Å². The third kappa shape index (κ3) is 4.39. The summed E-state index contributed by atoms with van der Waals surface area (Å²) in [6, 6.07) is 12.5. The molecule has 0 saturated heterocycles. The average molecular weight is 339 g/mol. The number of hydrogen-bond acceptors (Lipinski definition) is 4. The van der Waals surface area contributed by atoms with E-state index in [0.29, 0.717) is 5.69 Å². The number of allylic oxidation sites excluding steroid dienone is 1. The first-order chi connectivity index (χ1) is 11.8. The molecule has 0 aliphatic heterocycles. The van der Waals surface area contributed by atoms with E-state index >= 15 is 0 Å². The molecule has 0 spiro atoms. The van der Waals surface area contributed by atoms with E-state index in [1.54, 1.807) is 37.3 Å². The number of benzene rings is 1. The zero-order chi connectivity index (χ0) is 19.1. The molecule has 1 rings (SSSR count). The molecule has 0 aromatic heterocycles. The second-order valence-electron chi connectivity index (χ2n) is 6.86. The summed E-state index contributed by atoms with van der Waals surface area (Å²) in [5.41, 5.74) is -1.42. The van der Waals surface area contributed by atoms with Crippen LogP contribution in [-0.4, -0.2) is 18.7 Å². The predicted molar refractivity (Wildman–Crippen MR) is 97.7 cm³/mol. The summed E-state index contributed by atoms with van der Waals surface area (Å²) in [5.74, 6) is 0. The van der Waals surface area contributed by atoms with Gasteiger partial charge in [0.05, 0.1) is 24.8 Å². The molecule has 1 unspecified atom stereocenters. The number of para-hydroxylation sites is 1. The number of nitriles is 2. The van der Waals surface area contributed by atoms with Crippen molar-refractivity contribution in [2.24, 2.45) is 10.8 Å². The molecule has 1 aromatic rings. The van der Waals surface area contributed by atoms with E-state index < -0.39 is 23.0 Å². The minimum atomic E-state index is -1.44. The molecule has 0 bridgehead atoms. The summed E-state index contributed by atoms with van der Waals surface area (Å²) < 4.78 is 5.24. The van der Waals surface area contributed by atoms with E-state index in [0.717, 1.165) is 0 Å². The topological polar surface area (TPSA) is 77.1 Å². The summed E-state index contributed by atoms with van der Waals surface area (Å²) in [7, 11) is 0. The molecule has 0 N–H and O–H groups in total. The van der Waals surface area contributed by atoms with Crippen molar-refractivity contribution in [1.29, 1.82) is 10.5 Å². The van der Waals surface area contributed by atoms with E-state index in [1.807, 2.05) is 26.8 Å². The third-order valence-electron chi connectivity index (χ3n) is 3.91. The zero-order valence-electron chi connectivity index (χ0n) is 15.3. The van der Waals surface area contributed by atoms with Gasteiger partial charge in [0.1, 0.15) is 0 Å². The standard InChI is InChI=1S/C20H25N3O2/c1-6-13-20(14-21,15-22)17(19(3,4)5)23(18(24)25-7-2)16-11-9-8-10-12-16/h6,8-12,17H,1,7,13H2,2-5H3. The molecular weight excluding hydrogens is 314 g/mol. The highest BCUT2D eigenvalue weighted by Gasteiger charge is 2.51.